The molecule has 1 saturated carbocycles. The van der Waals surface area contributed by atoms with Gasteiger partial charge in [0.2, 0.25) is 0 Å². The Balaban J connectivity index is 0.000000367. The summed E-state index contributed by atoms with van der Waals surface area (Å²) in [5.74, 6) is -5.11. The molecule has 11 nitrogen and oxygen atoms in total. The van der Waals surface area contributed by atoms with E-state index in [1.165, 1.54) is 16.2 Å². The van der Waals surface area contributed by atoms with Gasteiger partial charge in [0.05, 0.1) is 16.9 Å². The normalized spacial score (nSPS) is 13.2. The highest BCUT2D eigenvalue weighted by molar-refractivity contribution is 7.94. The lowest BCUT2D eigenvalue weighted by Gasteiger charge is -2.24. The van der Waals surface area contributed by atoms with Gasteiger partial charge in [0, 0.05) is 54.4 Å². The first-order valence-corrected chi connectivity index (χ1v) is 18.3. The number of aliphatic carboxylic acids is 2. The van der Waals surface area contributed by atoms with E-state index in [9.17, 15) is 34.8 Å². The first kappa shape index (κ1) is 40.2. The molecule has 6 rings (SSSR count). The third-order valence-electron chi connectivity index (χ3n) is 7.23. The highest BCUT2D eigenvalue weighted by Gasteiger charge is 2.39. The molecule has 1 aliphatic rings. The molecule has 0 radical (unpaired) electrons. The molecule has 0 unspecified atom stereocenters. The van der Waals surface area contributed by atoms with Crippen LogP contribution in [-0.4, -0.2) is 82.9 Å². The fourth-order valence-corrected chi connectivity index (χ4v) is 8.17. The van der Waals surface area contributed by atoms with Crippen LogP contribution in [0.15, 0.2) is 76.6 Å². The Morgan fingerprint density at radius 1 is 0.962 bits per heavy atom. The number of carboxylic acids is 2. The van der Waals surface area contributed by atoms with Gasteiger partial charge in [0.1, 0.15) is 9.22 Å². The van der Waals surface area contributed by atoms with Gasteiger partial charge in [-0.25, -0.2) is 23.0 Å². The molecule has 20 heteroatoms. The average molecular weight is 792 g/mol. The number of hydrogen-bond acceptors (Lipinski definition) is 9. The number of fused-ring (bicyclic) bond motifs is 1. The summed E-state index contributed by atoms with van der Waals surface area (Å²) in [6.07, 6.45) is -3.36. The Morgan fingerprint density at radius 2 is 1.63 bits per heavy atom. The molecule has 52 heavy (non-hydrogen) atoms. The van der Waals surface area contributed by atoms with Crippen molar-refractivity contribution in [3.05, 3.63) is 82.9 Å². The van der Waals surface area contributed by atoms with E-state index in [0.717, 1.165) is 59.7 Å². The van der Waals surface area contributed by atoms with Gasteiger partial charge >= 0.3 is 24.3 Å². The van der Waals surface area contributed by atoms with Crippen LogP contribution < -0.4 is 4.31 Å². The number of aromatic nitrogens is 3. The first-order chi connectivity index (χ1) is 24.4. The zero-order chi connectivity index (χ0) is 38.3. The van der Waals surface area contributed by atoms with Gasteiger partial charge in [-0.05, 0) is 61.5 Å². The van der Waals surface area contributed by atoms with Gasteiger partial charge in [-0.15, -0.1) is 22.7 Å². The van der Waals surface area contributed by atoms with Crippen molar-refractivity contribution in [1.82, 2.24) is 19.9 Å². The smallest absolute Gasteiger partial charge is 0.475 e. The van der Waals surface area contributed by atoms with Crippen LogP contribution in [0.4, 0.5) is 32.0 Å². The summed E-state index contributed by atoms with van der Waals surface area (Å²) in [6, 6.07) is 17.4. The van der Waals surface area contributed by atoms with Crippen LogP contribution in [-0.2, 0) is 32.6 Å². The number of nitrogens with one attached hydrogen (secondary N) is 1. The van der Waals surface area contributed by atoms with Crippen molar-refractivity contribution in [2.45, 2.75) is 42.4 Å². The summed E-state index contributed by atoms with van der Waals surface area (Å²) in [6.45, 7) is 2.22. The van der Waals surface area contributed by atoms with Crippen LogP contribution in [0.25, 0.3) is 21.6 Å². The quantitative estimate of drug-likeness (QED) is 0.117. The summed E-state index contributed by atoms with van der Waals surface area (Å²) in [5, 5.41) is 17.9. The SMILES string of the molecule is CN(CCc1ccccn1)Cc1cnc(-c2cc3cccc(N(CC4CC4)S(=O)(=O)c4cccs4)c3[nH]2)s1.O=C(O)C(F)(F)F.O=C(O)C(F)(F)F. The number of para-hydroxylation sites is 1. The second kappa shape index (κ2) is 16.9. The largest absolute Gasteiger partial charge is 0.490 e. The minimum atomic E-state index is -5.08. The van der Waals surface area contributed by atoms with Crippen molar-refractivity contribution >= 4 is 61.2 Å². The fraction of sp³-hybridized carbons (Fsp3) is 0.312. The summed E-state index contributed by atoms with van der Waals surface area (Å²) in [4.78, 5) is 33.9. The van der Waals surface area contributed by atoms with E-state index in [1.807, 2.05) is 48.1 Å². The number of sulfonamides is 1. The summed E-state index contributed by atoms with van der Waals surface area (Å²) in [5.41, 5.74) is 3.52. The van der Waals surface area contributed by atoms with Crippen LogP contribution in [0.3, 0.4) is 0 Å². The number of alkyl halides is 6. The zero-order valence-corrected chi connectivity index (χ0v) is 29.5. The number of carbonyl (C=O) groups is 2. The predicted molar refractivity (Wildman–Crippen MR) is 183 cm³/mol. The van der Waals surface area contributed by atoms with E-state index in [4.69, 9.17) is 24.8 Å². The van der Waals surface area contributed by atoms with Gasteiger partial charge in [-0.1, -0.05) is 24.3 Å². The maximum Gasteiger partial charge on any atom is 0.490 e. The van der Waals surface area contributed by atoms with Gasteiger partial charge in [-0.2, -0.15) is 26.3 Å². The number of H-pyrrole nitrogens is 1. The lowest BCUT2D eigenvalue weighted by atomic mass is 10.2. The molecule has 1 fully saturated rings. The van der Waals surface area contributed by atoms with Crippen LogP contribution in [0.5, 0.6) is 0 Å². The Labute approximate surface area is 301 Å². The number of rotatable bonds is 11. The fourth-order valence-electron chi connectivity index (χ4n) is 4.54. The van der Waals surface area contributed by atoms with Crippen molar-refractivity contribution in [3.63, 3.8) is 0 Å². The third kappa shape index (κ3) is 11.2. The number of anilines is 1. The van der Waals surface area contributed by atoms with Crippen LogP contribution in [0, 0.1) is 5.92 Å². The molecular formula is C32H31F6N5O6S3. The molecule has 1 aromatic carbocycles. The topological polar surface area (TPSA) is 157 Å². The lowest BCUT2D eigenvalue weighted by Crippen LogP contribution is -2.32. The molecule has 0 bridgehead atoms. The summed E-state index contributed by atoms with van der Waals surface area (Å²) >= 11 is 2.92. The standard InChI is InChI=1S/C28H29N5O2S3.2C2HF3O2/c1-32(14-12-22-7-2-3-13-29-22)19-23-17-30-28(37-23)24-16-21-6-4-8-25(27(21)31-24)33(18-20-10-11-20)38(34,35)26-9-5-15-36-26;2*3-2(4,5)1(6)7/h2-9,13,15-17,20,31H,10-12,14,18-19H2,1H3;2*(H,6,7). The van der Waals surface area contributed by atoms with Crippen molar-refractivity contribution < 1.29 is 54.6 Å². The minimum Gasteiger partial charge on any atom is -0.475 e. The average Bonchev–Trinajstić information content (AvgIpc) is 3.44. The molecule has 0 spiro atoms. The molecule has 1 aliphatic carbocycles. The first-order valence-electron chi connectivity index (χ1n) is 15.2. The molecule has 0 amide bonds. The molecule has 4 heterocycles. The molecular weight excluding hydrogens is 761 g/mol. The molecule has 4 aromatic heterocycles. The number of hydrogen-bond donors (Lipinski definition) is 3. The summed E-state index contributed by atoms with van der Waals surface area (Å²) < 4.78 is 92.7. The highest BCUT2D eigenvalue weighted by Crippen LogP contribution is 2.39. The Hall–Kier alpha value is -4.53. The van der Waals surface area contributed by atoms with Gasteiger partial charge in [0.25, 0.3) is 10.0 Å². The number of carboxylic acid groups (broad SMARTS) is 2. The number of aromatic amines is 1. The van der Waals surface area contributed by atoms with E-state index < -0.39 is 34.3 Å². The Bertz CT molecular complexity index is 2020. The maximum atomic E-state index is 13.6. The lowest BCUT2D eigenvalue weighted by molar-refractivity contribution is -0.193. The molecule has 0 atom stereocenters. The van der Waals surface area contributed by atoms with Crippen molar-refractivity contribution in [2.24, 2.45) is 5.92 Å². The number of halogens is 6. The highest BCUT2D eigenvalue weighted by atomic mass is 32.2. The van der Waals surface area contributed by atoms with Gasteiger partial charge in [0.15, 0.2) is 0 Å². The number of likely N-dealkylation sites (N-methyl/N-ethyl adjacent to an activating group) is 1. The minimum absolute atomic E-state index is 0.374. The maximum absolute atomic E-state index is 13.6. The molecule has 3 N–H and O–H groups in total. The second-order valence-corrected chi connectivity index (χ2v) is 15.5. The third-order valence-corrected chi connectivity index (χ3v) is 11.4. The molecule has 0 saturated heterocycles. The molecule has 5 aromatic rings. The summed E-state index contributed by atoms with van der Waals surface area (Å²) in [7, 11) is -1.53. The van der Waals surface area contributed by atoms with E-state index in [-0.39, 0.29) is 0 Å². The van der Waals surface area contributed by atoms with Crippen molar-refractivity contribution in [2.75, 3.05) is 24.4 Å². The number of thiazole rings is 1. The van der Waals surface area contributed by atoms with Crippen molar-refractivity contribution in [3.8, 4) is 10.7 Å². The van der Waals surface area contributed by atoms with Gasteiger partial charge in [-0.3, -0.25) is 9.29 Å². The van der Waals surface area contributed by atoms with E-state index in [1.54, 1.807) is 27.8 Å². The Morgan fingerprint density at radius 3 is 2.19 bits per heavy atom. The van der Waals surface area contributed by atoms with E-state index >= 15 is 0 Å². The number of benzene rings is 1. The van der Waals surface area contributed by atoms with Crippen LogP contribution >= 0.6 is 22.7 Å². The van der Waals surface area contributed by atoms with E-state index in [0.29, 0.717) is 22.4 Å². The number of pyridine rings is 1. The molecule has 280 valence electrons. The Kier molecular flexibility index (Phi) is 13.1. The molecule has 0 aliphatic heterocycles. The monoisotopic (exact) mass is 791 g/mol. The second-order valence-electron chi connectivity index (χ2n) is 11.4. The van der Waals surface area contributed by atoms with Crippen LogP contribution in [0.1, 0.15) is 23.4 Å². The van der Waals surface area contributed by atoms with Crippen molar-refractivity contribution in [1.29, 1.82) is 0 Å². The number of thiophene rings is 1. The zero-order valence-electron chi connectivity index (χ0n) is 27.1. The number of nitrogens with zero attached hydrogens (tertiary/aromatic N) is 4. The predicted octanol–water partition coefficient (Wildman–Crippen LogP) is 7.29. The van der Waals surface area contributed by atoms with E-state index in [2.05, 4.69) is 34.0 Å². The van der Waals surface area contributed by atoms with Crippen LogP contribution in [0.2, 0.25) is 0 Å². The van der Waals surface area contributed by atoms with Gasteiger partial charge < -0.3 is 20.1 Å².